The zero-order valence-corrected chi connectivity index (χ0v) is 30.7. The van der Waals surface area contributed by atoms with E-state index in [-0.39, 0.29) is 16.6 Å². The molecule has 3 nitrogen and oxygen atoms in total. The standard InChI is InChI=1S/C45H55N3/c1-9-12-32-24-33-13-10-11-14-36(33)44(5,46-21-22-48(7)8)37-19-16-30(25-35(32)37)31-17-20-39-41(26-31)43(4)28-34-27-42(34,3)40-23-29(2)15-18-38(40)45(39,6)47-43/h10-11,13-20,23,25-26,32,34,46-47H,9,12,21-22,24,27-28H2,1-8H3/p+2/t32-,34-,42-,43+,44+,45-/m1/s1. The lowest BCUT2D eigenvalue weighted by molar-refractivity contribution is -0.783. The van der Waals surface area contributed by atoms with E-state index in [1.807, 2.05) is 0 Å². The summed E-state index contributed by atoms with van der Waals surface area (Å²) in [5.74, 6) is 1.26. The smallest absolute Gasteiger partial charge is 0.146 e. The number of hydrogen-bond acceptors (Lipinski definition) is 1. The molecule has 2 heterocycles. The molecule has 4 N–H and O–H groups in total. The molecule has 6 atom stereocenters. The van der Waals surface area contributed by atoms with Crippen molar-refractivity contribution in [1.29, 1.82) is 0 Å². The number of nitrogens with two attached hydrogens (primary N) is 2. The summed E-state index contributed by atoms with van der Waals surface area (Å²) in [7, 11) is 4.37. The monoisotopic (exact) mass is 639 g/mol. The summed E-state index contributed by atoms with van der Waals surface area (Å²) < 4.78 is 0. The quantitative estimate of drug-likeness (QED) is 0.220. The number of fused-ring (bicyclic) bond motifs is 11. The van der Waals surface area contributed by atoms with Crippen molar-refractivity contribution in [2.45, 2.75) is 102 Å². The molecule has 3 heteroatoms. The van der Waals surface area contributed by atoms with Gasteiger partial charge in [-0.05, 0) is 112 Å². The minimum Gasteiger partial charge on any atom is -0.333 e. The minimum absolute atomic E-state index is 0.0712. The molecule has 2 bridgehead atoms. The van der Waals surface area contributed by atoms with Crippen molar-refractivity contribution in [3.8, 4) is 11.1 Å². The van der Waals surface area contributed by atoms with Crippen LogP contribution in [0.3, 0.4) is 0 Å². The van der Waals surface area contributed by atoms with Gasteiger partial charge in [0.2, 0.25) is 0 Å². The Bertz CT molecular complexity index is 1910. The van der Waals surface area contributed by atoms with Crippen molar-refractivity contribution >= 4 is 0 Å². The van der Waals surface area contributed by atoms with Crippen LogP contribution < -0.4 is 10.6 Å². The molecule has 4 aromatic carbocycles. The van der Waals surface area contributed by atoms with Crippen LogP contribution in [0.2, 0.25) is 0 Å². The largest absolute Gasteiger partial charge is 0.333 e. The highest BCUT2D eigenvalue weighted by molar-refractivity contribution is 5.70. The molecule has 4 aliphatic rings. The van der Waals surface area contributed by atoms with Crippen LogP contribution in [0.5, 0.6) is 0 Å². The second-order valence-corrected chi connectivity index (χ2v) is 17.2. The number of nitrogens with zero attached hydrogens (tertiary/aromatic N) is 1. The van der Waals surface area contributed by atoms with Crippen molar-refractivity contribution in [2.24, 2.45) is 5.92 Å². The average Bonchev–Trinajstić information content (AvgIpc) is 3.66. The third-order valence-corrected chi connectivity index (χ3v) is 13.4. The number of benzene rings is 4. The van der Waals surface area contributed by atoms with Crippen molar-refractivity contribution in [1.82, 2.24) is 4.90 Å². The molecule has 0 saturated heterocycles. The van der Waals surface area contributed by atoms with E-state index in [9.17, 15) is 0 Å². The molecule has 0 aromatic heterocycles. The van der Waals surface area contributed by atoms with E-state index in [1.165, 1.54) is 70.2 Å². The number of rotatable bonds is 7. The maximum Gasteiger partial charge on any atom is 0.146 e. The van der Waals surface area contributed by atoms with Crippen LogP contribution in [0.1, 0.15) is 116 Å². The third-order valence-electron chi connectivity index (χ3n) is 13.4. The predicted octanol–water partition coefficient (Wildman–Crippen LogP) is 7.23. The van der Waals surface area contributed by atoms with E-state index in [2.05, 4.69) is 150 Å². The van der Waals surface area contributed by atoms with Gasteiger partial charge in [0.05, 0.1) is 6.54 Å². The van der Waals surface area contributed by atoms with Gasteiger partial charge in [0.25, 0.3) is 0 Å². The Morgan fingerprint density at radius 3 is 2.25 bits per heavy atom. The first-order valence-electron chi connectivity index (χ1n) is 18.8. The molecule has 0 spiro atoms. The van der Waals surface area contributed by atoms with Gasteiger partial charge < -0.3 is 15.5 Å². The number of hydrogen-bond donors (Lipinski definition) is 2. The molecule has 1 saturated carbocycles. The van der Waals surface area contributed by atoms with E-state index < -0.39 is 0 Å². The maximum absolute atomic E-state index is 2.74. The molecule has 0 unspecified atom stereocenters. The van der Waals surface area contributed by atoms with Gasteiger partial charge in [-0.25, -0.2) is 0 Å². The number of quaternary nitrogens is 2. The molecular weight excluding hydrogens is 583 g/mol. The Kier molecular flexibility index (Phi) is 7.42. The summed E-state index contributed by atoms with van der Waals surface area (Å²) >= 11 is 0. The number of aryl methyl sites for hydroxylation is 1. The molecule has 2 aliphatic heterocycles. The first-order valence-corrected chi connectivity index (χ1v) is 18.8. The average molecular weight is 640 g/mol. The first-order chi connectivity index (χ1) is 22.9. The van der Waals surface area contributed by atoms with Gasteiger partial charge in [-0.15, -0.1) is 0 Å². The van der Waals surface area contributed by atoms with Crippen LogP contribution in [0.15, 0.2) is 78.9 Å². The lowest BCUT2D eigenvalue weighted by atomic mass is 9.77. The normalized spacial score (nSPS) is 31.1. The Morgan fingerprint density at radius 2 is 1.48 bits per heavy atom. The van der Waals surface area contributed by atoms with Crippen LogP contribution in [0.4, 0.5) is 0 Å². The lowest BCUT2D eigenvalue weighted by Crippen LogP contribution is -2.99. The first kappa shape index (κ1) is 32.0. The minimum atomic E-state index is -0.117. The Balaban J connectivity index is 1.25. The molecule has 2 aliphatic carbocycles. The molecule has 4 aromatic rings. The molecule has 8 rings (SSSR count). The van der Waals surface area contributed by atoms with Gasteiger partial charge in [0, 0.05) is 40.8 Å². The van der Waals surface area contributed by atoms with Gasteiger partial charge in [-0.1, -0.05) is 98.6 Å². The van der Waals surface area contributed by atoms with Crippen LogP contribution in [-0.2, 0) is 28.5 Å². The number of likely N-dealkylation sites (N-methyl/N-ethyl adjacent to an activating group) is 1. The fourth-order valence-electron chi connectivity index (χ4n) is 10.7. The van der Waals surface area contributed by atoms with E-state index in [4.69, 9.17) is 0 Å². The topological polar surface area (TPSA) is 36.5 Å². The molecule has 1 fully saturated rings. The third kappa shape index (κ3) is 4.79. The SMILES string of the molecule is CCC[C@@H]1Cc2ccccc2[C@](C)([NH2+]CCN(C)C)c2ccc(-c3ccc4c(c3)[C@]3(C)C[C@H]5C[C@@]5(C)c5cc(C)ccc5[C@@]4(C)[NH2+]3)cc21. The fraction of sp³-hybridized carbons (Fsp3) is 0.467. The Hall–Kier alpha value is -3.24. The van der Waals surface area contributed by atoms with Gasteiger partial charge in [0.1, 0.15) is 16.6 Å². The maximum atomic E-state index is 2.74. The molecule has 0 amide bonds. The van der Waals surface area contributed by atoms with Crippen molar-refractivity contribution < 1.29 is 10.6 Å². The van der Waals surface area contributed by atoms with Crippen LogP contribution in [0.25, 0.3) is 11.1 Å². The summed E-state index contributed by atoms with van der Waals surface area (Å²) in [4.78, 5) is 2.31. The van der Waals surface area contributed by atoms with Gasteiger partial charge in [-0.2, -0.15) is 0 Å². The predicted molar refractivity (Wildman–Crippen MR) is 198 cm³/mol. The molecular formula is C45H57N3+2. The summed E-state index contributed by atoms with van der Waals surface area (Å²) in [6.45, 7) is 16.8. The van der Waals surface area contributed by atoms with Crippen LogP contribution in [-0.4, -0.2) is 32.1 Å². The second kappa shape index (κ2) is 11.1. The van der Waals surface area contributed by atoms with Gasteiger partial charge >= 0.3 is 0 Å². The zero-order chi connectivity index (χ0) is 33.6. The highest BCUT2D eigenvalue weighted by Gasteiger charge is 2.63. The highest BCUT2D eigenvalue weighted by atomic mass is 15.1. The van der Waals surface area contributed by atoms with Gasteiger partial charge in [-0.3, -0.25) is 0 Å². The second-order valence-electron chi connectivity index (χ2n) is 17.2. The Morgan fingerprint density at radius 1 is 0.771 bits per heavy atom. The molecule has 250 valence electrons. The van der Waals surface area contributed by atoms with E-state index in [1.54, 1.807) is 16.7 Å². The van der Waals surface area contributed by atoms with Crippen molar-refractivity contribution in [2.75, 3.05) is 27.2 Å². The lowest BCUT2D eigenvalue weighted by Gasteiger charge is -2.35. The van der Waals surface area contributed by atoms with Gasteiger partial charge in [0.15, 0.2) is 0 Å². The van der Waals surface area contributed by atoms with Crippen LogP contribution >= 0.6 is 0 Å². The summed E-state index contributed by atoms with van der Waals surface area (Å²) in [6, 6.07) is 31.7. The van der Waals surface area contributed by atoms with E-state index in [0.29, 0.717) is 11.3 Å². The van der Waals surface area contributed by atoms with Crippen molar-refractivity contribution in [3.63, 3.8) is 0 Å². The molecule has 0 radical (unpaired) electrons. The Labute approximate surface area is 289 Å². The van der Waals surface area contributed by atoms with E-state index >= 15 is 0 Å². The van der Waals surface area contributed by atoms with Crippen molar-refractivity contribution in [3.05, 3.63) is 129 Å². The molecule has 48 heavy (non-hydrogen) atoms. The fourth-order valence-corrected chi connectivity index (χ4v) is 10.7. The summed E-state index contributed by atoms with van der Waals surface area (Å²) in [6.07, 6.45) is 6.09. The van der Waals surface area contributed by atoms with Crippen LogP contribution in [0, 0.1) is 12.8 Å². The van der Waals surface area contributed by atoms with E-state index in [0.717, 1.165) is 25.4 Å². The summed E-state index contributed by atoms with van der Waals surface area (Å²) in [5, 5.41) is 5.35. The zero-order valence-electron chi connectivity index (χ0n) is 30.7. The summed E-state index contributed by atoms with van der Waals surface area (Å²) in [5.41, 5.74) is 16.6. The highest BCUT2D eigenvalue weighted by Crippen LogP contribution is 2.62.